The van der Waals surface area contributed by atoms with Crippen LogP contribution in [0, 0.1) is 6.92 Å². The van der Waals surface area contributed by atoms with Crippen molar-refractivity contribution < 1.29 is 27.2 Å². The molecule has 1 N–H and O–H groups in total. The molecule has 2 heterocycles. The number of alkyl halides is 3. The van der Waals surface area contributed by atoms with E-state index in [9.17, 15) is 22.8 Å². The molecule has 152 valence electrons. The summed E-state index contributed by atoms with van der Waals surface area (Å²) in [5.74, 6) is -0.671. The normalized spacial score (nSPS) is 15.7. The van der Waals surface area contributed by atoms with Gasteiger partial charge < -0.3 is 4.42 Å². The van der Waals surface area contributed by atoms with Gasteiger partial charge in [-0.3, -0.25) is 15.0 Å². The van der Waals surface area contributed by atoms with Gasteiger partial charge in [-0.1, -0.05) is 35.9 Å². The molecule has 30 heavy (non-hydrogen) atoms. The quantitative estimate of drug-likeness (QED) is 0.500. The molecule has 4 rings (SSSR count). The fourth-order valence-corrected chi connectivity index (χ4v) is 3.01. The third kappa shape index (κ3) is 3.71. The fourth-order valence-electron chi connectivity index (χ4n) is 3.01. The van der Waals surface area contributed by atoms with Crippen LogP contribution in [-0.2, 0) is 15.8 Å². The minimum absolute atomic E-state index is 0.0913. The summed E-state index contributed by atoms with van der Waals surface area (Å²) in [5.41, 5.74) is 2.95. The Morgan fingerprint density at radius 2 is 1.73 bits per heavy atom. The van der Waals surface area contributed by atoms with Gasteiger partial charge in [0, 0.05) is 5.56 Å². The summed E-state index contributed by atoms with van der Waals surface area (Å²) in [6, 6.07) is 15.1. The lowest BCUT2D eigenvalue weighted by molar-refractivity contribution is -0.137. The largest absolute Gasteiger partial charge is 0.457 e. The van der Waals surface area contributed by atoms with Crippen molar-refractivity contribution in [1.82, 2.24) is 5.43 Å². The molecule has 1 aliphatic heterocycles. The molecule has 5 nitrogen and oxygen atoms in total. The summed E-state index contributed by atoms with van der Waals surface area (Å²) in [6.45, 7) is 1.96. The van der Waals surface area contributed by atoms with Crippen LogP contribution in [0.4, 0.5) is 18.9 Å². The van der Waals surface area contributed by atoms with Crippen LogP contribution in [0.1, 0.15) is 16.9 Å². The number of carbonyl (C=O) groups excluding carboxylic acids is 2. The second-order valence-electron chi connectivity index (χ2n) is 6.76. The molecule has 0 aliphatic carbocycles. The SMILES string of the molecule is Cc1ccc(-c2ccc(/C=C3\C(=O)NN(c4cccc(C(F)(F)F)c4)C3=O)o2)cc1. The second kappa shape index (κ2) is 7.22. The van der Waals surface area contributed by atoms with Gasteiger partial charge >= 0.3 is 6.18 Å². The average Bonchev–Trinajstić information content (AvgIpc) is 3.28. The molecule has 0 spiro atoms. The van der Waals surface area contributed by atoms with Crippen LogP contribution in [-0.4, -0.2) is 11.8 Å². The maximum Gasteiger partial charge on any atom is 0.416 e. The maximum atomic E-state index is 12.9. The highest BCUT2D eigenvalue weighted by molar-refractivity contribution is 6.31. The standard InChI is InChI=1S/C22H15F3N2O3/c1-13-5-7-14(8-6-13)19-10-9-17(30-19)12-18-20(28)26-27(21(18)29)16-4-2-3-15(11-16)22(23,24)25/h2-12H,1H3,(H,26,28)/b18-12+. The van der Waals surface area contributed by atoms with Crippen molar-refractivity contribution in [3.8, 4) is 11.3 Å². The number of amides is 2. The summed E-state index contributed by atoms with van der Waals surface area (Å²) >= 11 is 0. The minimum atomic E-state index is -4.57. The summed E-state index contributed by atoms with van der Waals surface area (Å²) in [6.07, 6.45) is -3.30. The number of halogens is 3. The smallest absolute Gasteiger partial charge is 0.416 e. The van der Waals surface area contributed by atoms with Crippen molar-refractivity contribution in [2.45, 2.75) is 13.1 Å². The van der Waals surface area contributed by atoms with Crippen molar-refractivity contribution in [3.05, 3.63) is 83.1 Å². The van der Waals surface area contributed by atoms with Crippen LogP contribution in [0.3, 0.4) is 0 Å². The minimum Gasteiger partial charge on any atom is -0.457 e. The number of benzene rings is 2. The Balaban J connectivity index is 1.61. The Morgan fingerprint density at radius 3 is 2.43 bits per heavy atom. The first-order chi connectivity index (χ1) is 14.2. The van der Waals surface area contributed by atoms with Gasteiger partial charge in [-0.05, 0) is 43.3 Å². The highest BCUT2D eigenvalue weighted by Crippen LogP contribution is 2.32. The van der Waals surface area contributed by atoms with Gasteiger partial charge in [-0.25, -0.2) is 5.01 Å². The molecule has 8 heteroatoms. The van der Waals surface area contributed by atoms with Gasteiger partial charge in [0.05, 0.1) is 11.3 Å². The van der Waals surface area contributed by atoms with E-state index >= 15 is 0 Å². The van der Waals surface area contributed by atoms with E-state index in [1.165, 1.54) is 18.2 Å². The third-order valence-electron chi connectivity index (χ3n) is 4.57. The maximum absolute atomic E-state index is 12.9. The predicted molar refractivity (Wildman–Crippen MR) is 104 cm³/mol. The number of carbonyl (C=O) groups is 2. The summed E-state index contributed by atoms with van der Waals surface area (Å²) in [7, 11) is 0. The van der Waals surface area contributed by atoms with E-state index in [0.717, 1.165) is 28.3 Å². The fraction of sp³-hybridized carbons (Fsp3) is 0.0909. The molecule has 0 radical (unpaired) electrons. The summed E-state index contributed by atoms with van der Waals surface area (Å²) in [5, 5.41) is 0.785. The molecule has 1 aromatic heterocycles. The zero-order valence-corrected chi connectivity index (χ0v) is 15.7. The van der Waals surface area contributed by atoms with Crippen LogP contribution in [0.5, 0.6) is 0 Å². The molecule has 2 amide bonds. The van der Waals surface area contributed by atoms with Gasteiger partial charge in [0.15, 0.2) is 0 Å². The molecule has 1 fully saturated rings. The molecular formula is C22H15F3N2O3. The number of hydrogen-bond donors (Lipinski definition) is 1. The van der Waals surface area contributed by atoms with E-state index in [4.69, 9.17) is 4.42 Å². The van der Waals surface area contributed by atoms with Crippen molar-refractivity contribution >= 4 is 23.6 Å². The average molecular weight is 412 g/mol. The molecule has 1 saturated heterocycles. The van der Waals surface area contributed by atoms with E-state index < -0.39 is 23.6 Å². The molecule has 3 aromatic rings. The number of furan rings is 1. The highest BCUT2D eigenvalue weighted by atomic mass is 19.4. The first-order valence-electron chi connectivity index (χ1n) is 8.94. The molecule has 1 aliphatic rings. The first kappa shape index (κ1) is 19.5. The Bertz CT molecular complexity index is 1160. The Hall–Kier alpha value is -3.81. The van der Waals surface area contributed by atoms with E-state index in [2.05, 4.69) is 5.43 Å². The lowest BCUT2D eigenvalue weighted by Crippen LogP contribution is -2.35. The van der Waals surface area contributed by atoms with Crippen molar-refractivity contribution in [2.75, 3.05) is 5.01 Å². The Kier molecular flexibility index (Phi) is 4.69. The predicted octanol–water partition coefficient (Wildman–Crippen LogP) is 4.74. The van der Waals surface area contributed by atoms with Gasteiger partial charge in [-0.2, -0.15) is 13.2 Å². The monoisotopic (exact) mass is 412 g/mol. The van der Waals surface area contributed by atoms with E-state index in [1.54, 1.807) is 12.1 Å². The van der Waals surface area contributed by atoms with Crippen LogP contribution in [0.15, 0.2) is 70.7 Å². The molecular weight excluding hydrogens is 397 g/mol. The Labute approximate surface area is 169 Å². The topological polar surface area (TPSA) is 62.6 Å². The van der Waals surface area contributed by atoms with Gasteiger partial charge in [0.1, 0.15) is 17.1 Å². The Morgan fingerprint density at radius 1 is 1.00 bits per heavy atom. The zero-order chi connectivity index (χ0) is 21.5. The number of hydrogen-bond acceptors (Lipinski definition) is 3. The number of hydrazine groups is 1. The van der Waals surface area contributed by atoms with E-state index in [0.29, 0.717) is 5.76 Å². The van der Waals surface area contributed by atoms with Crippen LogP contribution in [0.25, 0.3) is 17.4 Å². The lowest BCUT2D eigenvalue weighted by atomic mass is 10.1. The molecule has 2 aromatic carbocycles. The highest BCUT2D eigenvalue weighted by Gasteiger charge is 2.36. The second-order valence-corrected chi connectivity index (χ2v) is 6.76. The van der Waals surface area contributed by atoms with Gasteiger partial charge in [0.25, 0.3) is 11.8 Å². The molecule has 0 unspecified atom stereocenters. The van der Waals surface area contributed by atoms with Gasteiger partial charge in [0.2, 0.25) is 0 Å². The van der Waals surface area contributed by atoms with Crippen LogP contribution >= 0.6 is 0 Å². The number of nitrogens with one attached hydrogen (secondary N) is 1. The van der Waals surface area contributed by atoms with E-state index in [-0.39, 0.29) is 17.0 Å². The molecule has 0 bridgehead atoms. The van der Waals surface area contributed by atoms with Crippen molar-refractivity contribution in [2.24, 2.45) is 0 Å². The third-order valence-corrected chi connectivity index (χ3v) is 4.57. The zero-order valence-electron chi connectivity index (χ0n) is 15.7. The van der Waals surface area contributed by atoms with Crippen molar-refractivity contribution in [1.29, 1.82) is 0 Å². The summed E-state index contributed by atoms with van der Waals surface area (Å²) in [4.78, 5) is 24.9. The molecule has 0 atom stereocenters. The number of rotatable bonds is 3. The molecule has 0 saturated carbocycles. The number of nitrogens with zero attached hydrogens (tertiary/aromatic N) is 1. The van der Waals surface area contributed by atoms with Gasteiger partial charge in [-0.15, -0.1) is 0 Å². The van der Waals surface area contributed by atoms with Crippen LogP contribution in [0.2, 0.25) is 0 Å². The van der Waals surface area contributed by atoms with Crippen molar-refractivity contribution in [3.63, 3.8) is 0 Å². The van der Waals surface area contributed by atoms with Crippen LogP contribution < -0.4 is 10.4 Å². The number of aryl methyl sites for hydroxylation is 1. The summed E-state index contributed by atoms with van der Waals surface area (Å²) < 4.78 is 44.5. The van der Waals surface area contributed by atoms with E-state index in [1.807, 2.05) is 31.2 Å². The lowest BCUT2D eigenvalue weighted by Gasteiger charge is -2.16. The number of anilines is 1. The first-order valence-corrected chi connectivity index (χ1v) is 8.94.